The zero-order valence-corrected chi connectivity index (χ0v) is 17.6. The second kappa shape index (κ2) is 8.91. The lowest BCUT2D eigenvalue weighted by molar-refractivity contribution is 0.0948. The Morgan fingerprint density at radius 2 is 1.76 bits per heavy atom. The number of anilines is 3. The molecule has 9 heteroatoms. The molecule has 0 bridgehead atoms. The highest BCUT2D eigenvalue weighted by atomic mass is 16.6. The van der Waals surface area contributed by atoms with Crippen molar-refractivity contribution in [1.29, 1.82) is 0 Å². The van der Waals surface area contributed by atoms with Crippen molar-refractivity contribution in [2.75, 3.05) is 24.3 Å². The Balaban J connectivity index is 1.26. The molecule has 33 heavy (non-hydrogen) atoms. The highest BCUT2D eigenvalue weighted by molar-refractivity contribution is 5.97. The first-order valence-electron chi connectivity index (χ1n) is 10.4. The first-order chi connectivity index (χ1) is 16.2. The van der Waals surface area contributed by atoms with E-state index in [0.717, 1.165) is 10.2 Å². The van der Waals surface area contributed by atoms with E-state index < -0.39 is 5.91 Å². The molecule has 0 fully saturated rings. The maximum Gasteiger partial charge on any atom is 0.281 e. The molecule has 1 aromatic heterocycles. The lowest BCUT2D eigenvalue weighted by Gasteiger charge is -2.18. The van der Waals surface area contributed by atoms with Gasteiger partial charge in [-0.1, -0.05) is 30.3 Å². The van der Waals surface area contributed by atoms with Crippen molar-refractivity contribution in [3.8, 4) is 17.2 Å². The van der Waals surface area contributed by atoms with E-state index in [1.165, 1.54) is 0 Å². The van der Waals surface area contributed by atoms with Gasteiger partial charge in [0, 0.05) is 17.3 Å². The summed E-state index contributed by atoms with van der Waals surface area (Å²) in [4.78, 5) is 17.0. The van der Waals surface area contributed by atoms with Gasteiger partial charge in [-0.25, -0.2) is 0 Å². The van der Waals surface area contributed by atoms with Crippen LogP contribution < -0.4 is 25.3 Å². The third kappa shape index (κ3) is 4.57. The molecule has 3 N–H and O–H groups in total. The lowest BCUT2D eigenvalue weighted by Crippen LogP contribution is -2.16. The third-order valence-corrected chi connectivity index (χ3v) is 4.97. The molecular formula is C24H21N5O4. The van der Waals surface area contributed by atoms with E-state index in [1.807, 2.05) is 30.3 Å². The predicted molar refractivity (Wildman–Crippen MR) is 122 cm³/mol. The SMILES string of the molecule is Nc1nc(Nc2ccc3c(c2)OCCO3)nn1C(=O)c1ccc(OCc2ccccc2)cc1. The summed E-state index contributed by atoms with van der Waals surface area (Å²) in [6, 6.07) is 22.0. The van der Waals surface area contributed by atoms with Crippen LogP contribution in [0.25, 0.3) is 0 Å². The van der Waals surface area contributed by atoms with Crippen LogP contribution in [0.3, 0.4) is 0 Å². The minimum Gasteiger partial charge on any atom is -0.489 e. The van der Waals surface area contributed by atoms with Crippen LogP contribution >= 0.6 is 0 Å². The van der Waals surface area contributed by atoms with Gasteiger partial charge in [-0.05, 0) is 42.0 Å². The second-order valence-corrected chi connectivity index (χ2v) is 7.29. The molecular weight excluding hydrogens is 422 g/mol. The van der Waals surface area contributed by atoms with Gasteiger partial charge in [-0.2, -0.15) is 9.67 Å². The summed E-state index contributed by atoms with van der Waals surface area (Å²) in [5.74, 6) is 1.73. The first-order valence-corrected chi connectivity index (χ1v) is 10.4. The smallest absolute Gasteiger partial charge is 0.281 e. The molecule has 0 spiro atoms. The molecule has 0 unspecified atom stereocenters. The molecule has 0 saturated heterocycles. The molecule has 0 saturated carbocycles. The lowest BCUT2D eigenvalue weighted by atomic mass is 10.2. The van der Waals surface area contributed by atoms with Crippen molar-refractivity contribution in [2.24, 2.45) is 0 Å². The van der Waals surface area contributed by atoms with Gasteiger partial charge < -0.3 is 25.3 Å². The quantitative estimate of drug-likeness (QED) is 0.464. The van der Waals surface area contributed by atoms with Gasteiger partial charge in [0.05, 0.1) is 0 Å². The minimum atomic E-state index is -0.398. The number of hydrogen-bond acceptors (Lipinski definition) is 8. The number of nitrogens with zero attached hydrogens (tertiary/aromatic N) is 3. The van der Waals surface area contributed by atoms with Crippen LogP contribution in [0.5, 0.6) is 17.2 Å². The monoisotopic (exact) mass is 443 g/mol. The van der Waals surface area contributed by atoms with E-state index >= 15 is 0 Å². The topological polar surface area (TPSA) is 114 Å². The number of rotatable bonds is 6. The number of fused-ring (bicyclic) bond motifs is 1. The van der Waals surface area contributed by atoms with Crippen molar-refractivity contribution in [3.05, 3.63) is 83.9 Å². The van der Waals surface area contributed by atoms with E-state index in [1.54, 1.807) is 42.5 Å². The van der Waals surface area contributed by atoms with Crippen LogP contribution in [-0.4, -0.2) is 33.9 Å². The molecule has 0 atom stereocenters. The Morgan fingerprint density at radius 1 is 1.00 bits per heavy atom. The van der Waals surface area contributed by atoms with Crippen molar-refractivity contribution >= 4 is 23.5 Å². The van der Waals surface area contributed by atoms with E-state index in [0.29, 0.717) is 48.3 Å². The van der Waals surface area contributed by atoms with Crippen LogP contribution in [0.2, 0.25) is 0 Å². The number of carbonyl (C=O) groups is 1. The average molecular weight is 443 g/mol. The first kappa shape index (κ1) is 20.4. The second-order valence-electron chi connectivity index (χ2n) is 7.29. The average Bonchev–Trinajstić information content (AvgIpc) is 3.23. The summed E-state index contributed by atoms with van der Waals surface area (Å²) in [7, 11) is 0. The fourth-order valence-corrected chi connectivity index (χ4v) is 3.33. The molecule has 1 aliphatic rings. The summed E-state index contributed by atoms with van der Waals surface area (Å²) in [6.45, 7) is 1.45. The van der Waals surface area contributed by atoms with E-state index in [9.17, 15) is 4.79 Å². The third-order valence-electron chi connectivity index (χ3n) is 4.97. The number of aromatic nitrogens is 3. The van der Waals surface area contributed by atoms with Crippen molar-refractivity contribution in [3.63, 3.8) is 0 Å². The van der Waals surface area contributed by atoms with Crippen molar-refractivity contribution < 1.29 is 19.0 Å². The molecule has 0 amide bonds. The number of nitrogens with one attached hydrogen (secondary N) is 1. The molecule has 9 nitrogen and oxygen atoms in total. The summed E-state index contributed by atoms with van der Waals surface area (Å²) in [5, 5.41) is 7.24. The van der Waals surface area contributed by atoms with Crippen LogP contribution in [0.1, 0.15) is 15.9 Å². The highest BCUT2D eigenvalue weighted by Gasteiger charge is 2.17. The summed E-state index contributed by atoms with van der Waals surface area (Å²) in [5.41, 5.74) is 8.10. The molecule has 3 aromatic carbocycles. The normalized spacial score (nSPS) is 12.2. The largest absolute Gasteiger partial charge is 0.489 e. The molecule has 166 valence electrons. The zero-order valence-electron chi connectivity index (χ0n) is 17.6. The Morgan fingerprint density at radius 3 is 2.55 bits per heavy atom. The standard InChI is InChI=1S/C24H21N5O4/c25-23-27-24(26-18-8-11-20-21(14-18)32-13-12-31-20)28-29(23)22(30)17-6-9-19(10-7-17)33-15-16-4-2-1-3-5-16/h1-11,14H,12-13,15H2,(H3,25,26,27,28). The summed E-state index contributed by atoms with van der Waals surface area (Å²) in [6.07, 6.45) is 0. The summed E-state index contributed by atoms with van der Waals surface area (Å²) < 4.78 is 17.9. The van der Waals surface area contributed by atoms with Gasteiger partial charge in [0.1, 0.15) is 25.6 Å². The van der Waals surface area contributed by atoms with Crippen molar-refractivity contribution in [1.82, 2.24) is 14.8 Å². The molecule has 0 aliphatic carbocycles. The fraction of sp³-hybridized carbons (Fsp3) is 0.125. The molecule has 4 aromatic rings. The highest BCUT2D eigenvalue weighted by Crippen LogP contribution is 2.33. The van der Waals surface area contributed by atoms with E-state index in [-0.39, 0.29) is 11.9 Å². The van der Waals surface area contributed by atoms with Gasteiger partial charge in [0.25, 0.3) is 5.91 Å². The van der Waals surface area contributed by atoms with Crippen LogP contribution in [0.4, 0.5) is 17.6 Å². The van der Waals surface area contributed by atoms with Crippen LogP contribution in [-0.2, 0) is 6.61 Å². The number of hydrogen-bond donors (Lipinski definition) is 2. The maximum atomic E-state index is 12.9. The maximum absolute atomic E-state index is 12.9. The van der Waals surface area contributed by atoms with E-state index in [4.69, 9.17) is 19.9 Å². The predicted octanol–water partition coefficient (Wildman–Crippen LogP) is 3.64. The number of ether oxygens (including phenoxy) is 3. The van der Waals surface area contributed by atoms with E-state index in [2.05, 4.69) is 15.4 Å². The molecule has 5 rings (SSSR count). The Hall–Kier alpha value is -4.53. The Labute approximate surface area is 189 Å². The molecule has 2 heterocycles. The number of carbonyl (C=O) groups excluding carboxylic acids is 1. The van der Waals surface area contributed by atoms with Gasteiger partial charge in [0.15, 0.2) is 11.5 Å². The minimum absolute atomic E-state index is 0.0237. The Kier molecular flexibility index (Phi) is 5.50. The van der Waals surface area contributed by atoms with Crippen molar-refractivity contribution in [2.45, 2.75) is 6.61 Å². The zero-order chi connectivity index (χ0) is 22.6. The molecule has 0 radical (unpaired) electrons. The molecule has 1 aliphatic heterocycles. The van der Waals surface area contributed by atoms with Crippen LogP contribution in [0, 0.1) is 0 Å². The van der Waals surface area contributed by atoms with Gasteiger partial charge in [-0.3, -0.25) is 4.79 Å². The number of benzene rings is 3. The van der Waals surface area contributed by atoms with Crippen LogP contribution in [0.15, 0.2) is 72.8 Å². The number of nitrogens with two attached hydrogens (primary N) is 1. The van der Waals surface area contributed by atoms with Gasteiger partial charge >= 0.3 is 0 Å². The van der Waals surface area contributed by atoms with Gasteiger partial charge in [0.2, 0.25) is 11.9 Å². The fourth-order valence-electron chi connectivity index (χ4n) is 3.33. The Bertz CT molecular complexity index is 1270. The number of nitrogen functional groups attached to an aromatic ring is 1. The van der Waals surface area contributed by atoms with Gasteiger partial charge in [-0.15, -0.1) is 5.10 Å². The summed E-state index contributed by atoms with van der Waals surface area (Å²) >= 11 is 0.